The highest BCUT2D eigenvalue weighted by molar-refractivity contribution is 5.78. The quantitative estimate of drug-likeness (QED) is 0.535. The average molecular weight is 221 g/mol. The third kappa shape index (κ3) is 4.91. The first-order chi connectivity index (χ1) is 7.72. The lowest BCUT2D eigenvalue weighted by Crippen LogP contribution is -2.35. The molecular weight excluding hydrogens is 202 g/mol. The molecule has 0 amide bonds. The van der Waals surface area contributed by atoms with Crippen molar-refractivity contribution < 1.29 is 4.74 Å². The van der Waals surface area contributed by atoms with Crippen molar-refractivity contribution in [3.8, 4) is 0 Å². The number of amidine groups is 1. The van der Waals surface area contributed by atoms with Gasteiger partial charge in [0.2, 0.25) is 0 Å². The van der Waals surface area contributed by atoms with Crippen molar-refractivity contribution >= 4 is 5.84 Å². The largest absolute Gasteiger partial charge is 0.387 e. The molecule has 0 atom stereocenters. The van der Waals surface area contributed by atoms with E-state index in [1.165, 1.54) is 5.56 Å². The number of nitrogens with zero attached hydrogens (tertiary/aromatic N) is 1. The van der Waals surface area contributed by atoms with Crippen LogP contribution in [0.1, 0.15) is 5.56 Å². The Morgan fingerprint density at radius 3 is 2.62 bits per heavy atom. The van der Waals surface area contributed by atoms with Crippen LogP contribution < -0.4 is 5.73 Å². The summed E-state index contributed by atoms with van der Waals surface area (Å²) >= 11 is 0. The second-order valence-corrected chi connectivity index (χ2v) is 3.71. The van der Waals surface area contributed by atoms with Crippen molar-refractivity contribution in [3.05, 3.63) is 35.9 Å². The molecule has 16 heavy (non-hydrogen) atoms. The molecule has 0 spiro atoms. The van der Waals surface area contributed by atoms with Crippen molar-refractivity contribution in [1.82, 2.24) is 4.90 Å². The topological polar surface area (TPSA) is 62.3 Å². The standard InChI is InChI=1S/C12H19N3O/c1-16-8-7-15(10-12(13)14)9-11-5-3-2-4-6-11/h2-6H,7-10H2,1H3,(H3,13,14). The van der Waals surface area contributed by atoms with Gasteiger partial charge in [-0.1, -0.05) is 30.3 Å². The van der Waals surface area contributed by atoms with E-state index in [2.05, 4.69) is 17.0 Å². The molecule has 1 aromatic rings. The Morgan fingerprint density at radius 1 is 1.38 bits per heavy atom. The Labute approximate surface area is 96.5 Å². The van der Waals surface area contributed by atoms with Crippen molar-refractivity contribution in [2.45, 2.75) is 6.54 Å². The fraction of sp³-hybridized carbons (Fsp3) is 0.417. The number of nitrogens with one attached hydrogen (secondary N) is 1. The van der Waals surface area contributed by atoms with Crippen LogP contribution in [-0.4, -0.2) is 37.5 Å². The van der Waals surface area contributed by atoms with Crippen LogP contribution in [0.4, 0.5) is 0 Å². The molecule has 0 fully saturated rings. The van der Waals surface area contributed by atoms with E-state index in [4.69, 9.17) is 15.9 Å². The summed E-state index contributed by atoms with van der Waals surface area (Å²) in [6, 6.07) is 10.2. The second-order valence-electron chi connectivity index (χ2n) is 3.71. The van der Waals surface area contributed by atoms with Gasteiger partial charge in [-0.3, -0.25) is 10.3 Å². The Bertz CT molecular complexity index is 313. The number of hydrogen-bond donors (Lipinski definition) is 2. The normalized spacial score (nSPS) is 10.6. The Hall–Kier alpha value is -1.39. The lowest BCUT2D eigenvalue weighted by molar-refractivity contribution is 0.153. The number of rotatable bonds is 7. The van der Waals surface area contributed by atoms with Gasteiger partial charge in [-0.15, -0.1) is 0 Å². The zero-order valence-electron chi connectivity index (χ0n) is 9.65. The molecule has 4 heteroatoms. The van der Waals surface area contributed by atoms with Crippen molar-refractivity contribution in [1.29, 1.82) is 5.41 Å². The highest BCUT2D eigenvalue weighted by atomic mass is 16.5. The first-order valence-corrected chi connectivity index (χ1v) is 5.30. The van der Waals surface area contributed by atoms with Crippen molar-refractivity contribution in [2.75, 3.05) is 26.8 Å². The van der Waals surface area contributed by atoms with Crippen molar-refractivity contribution in [2.24, 2.45) is 5.73 Å². The predicted molar refractivity (Wildman–Crippen MR) is 65.5 cm³/mol. The molecule has 1 aromatic carbocycles. The van der Waals surface area contributed by atoms with E-state index in [1.54, 1.807) is 7.11 Å². The highest BCUT2D eigenvalue weighted by Crippen LogP contribution is 2.03. The summed E-state index contributed by atoms with van der Waals surface area (Å²) in [5.41, 5.74) is 6.64. The van der Waals surface area contributed by atoms with E-state index in [9.17, 15) is 0 Å². The fourth-order valence-corrected chi connectivity index (χ4v) is 1.52. The molecule has 88 valence electrons. The van der Waals surface area contributed by atoms with Crippen LogP contribution in [0.3, 0.4) is 0 Å². The Balaban J connectivity index is 2.52. The predicted octanol–water partition coefficient (Wildman–Crippen LogP) is 1.07. The van der Waals surface area contributed by atoms with Gasteiger partial charge < -0.3 is 10.5 Å². The van der Waals surface area contributed by atoms with E-state index in [0.717, 1.165) is 13.1 Å². The summed E-state index contributed by atoms with van der Waals surface area (Å²) in [5.74, 6) is 0.187. The van der Waals surface area contributed by atoms with Gasteiger partial charge in [0, 0.05) is 20.2 Å². The molecular formula is C12H19N3O. The molecule has 0 aromatic heterocycles. The number of methoxy groups -OCH3 is 1. The molecule has 0 aliphatic heterocycles. The smallest absolute Gasteiger partial charge is 0.105 e. The van der Waals surface area contributed by atoms with Gasteiger partial charge in [0.05, 0.1) is 13.2 Å². The van der Waals surface area contributed by atoms with Crippen molar-refractivity contribution in [3.63, 3.8) is 0 Å². The second kappa shape index (κ2) is 6.98. The summed E-state index contributed by atoms with van der Waals surface area (Å²) in [6.07, 6.45) is 0. The Kier molecular flexibility index (Phi) is 5.53. The molecule has 0 saturated carbocycles. The van der Waals surface area contributed by atoms with E-state index >= 15 is 0 Å². The van der Waals surface area contributed by atoms with Gasteiger partial charge in [0.25, 0.3) is 0 Å². The van der Waals surface area contributed by atoms with Crippen LogP contribution in [0, 0.1) is 5.41 Å². The minimum absolute atomic E-state index is 0.187. The summed E-state index contributed by atoms with van der Waals surface area (Å²) in [5, 5.41) is 7.32. The third-order valence-corrected chi connectivity index (χ3v) is 2.25. The molecule has 0 bridgehead atoms. The Morgan fingerprint density at radius 2 is 2.06 bits per heavy atom. The minimum Gasteiger partial charge on any atom is -0.387 e. The summed E-state index contributed by atoms with van der Waals surface area (Å²) in [6.45, 7) is 2.72. The molecule has 4 nitrogen and oxygen atoms in total. The average Bonchev–Trinajstić information content (AvgIpc) is 2.26. The third-order valence-electron chi connectivity index (χ3n) is 2.25. The maximum atomic E-state index is 7.32. The molecule has 1 rings (SSSR count). The lowest BCUT2D eigenvalue weighted by atomic mass is 10.2. The van der Waals surface area contributed by atoms with Gasteiger partial charge in [-0.05, 0) is 5.56 Å². The zero-order chi connectivity index (χ0) is 11.8. The first-order valence-electron chi connectivity index (χ1n) is 5.30. The van der Waals surface area contributed by atoms with Gasteiger partial charge >= 0.3 is 0 Å². The molecule has 3 N–H and O–H groups in total. The van der Waals surface area contributed by atoms with Crippen LogP contribution in [-0.2, 0) is 11.3 Å². The van der Waals surface area contributed by atoms with Gasteiger partial charge in [-0.25, -0.2) is 0 Å². The van der Waals surface area contributed by atoms with Crippen LogP contribution in [0.2, 0.25) is 0 Å². The SMILES string of the molecule is COCCN(CC(=N)N)Cc1ccccc1. The molecule has 0 radical (unpaired) electrons. The maximum Gasteiger partial charge on any atom is 0.105 e. The number of hydrogen-bond acceptors (Lipinski definition) is 3. The first kappa shape index (κ1) is 12.7. The molecule has 0 heterocycles. The highest BCUT2D eigenvalue weighted by Gasteiger charge is 2.06. The van der Waals surface area contributed by atoms with E-state index < -0.39 is 0 Å². The fourth-order valence-electron chi connectivity index (χ4n) is 1.52. The summed E-state index contributed by atoms with van der Waals surface area (Å²) in [7, 11) is 1.68. The molecule has 0 unspecified atom stereocenters. The maximum absolute atomic E-state index is 7.32. The monoisotopic (exact) mass is 221 g/mol. The van der Waals surface area contributed by atoms with E-state index in [-0.39, 0.29) is 5.84 Å². The van der Waals surface area contributed by atoms with Crippen LogP contribution >= 0.6 is 0 Å². The molecule has 0 aliphatic rings. The minimum atomic E-state index is 0.187. The van der Waals surface area contributed by atoms with E-state index in [0.29, 0.717) is 13.2 Å². The van der Waals surface area contributed by atoms with E-state index in [1.807, 2.05) is 18.2 Å². The number of nitrogens with two attached hydrogens (primary N) is 1. The number of ether oxygens (including phenoxy) is 1. The zero-order valence-corrected chi connectivity index (χ0v) is 9.65. The van der Waals surface area contributed by atoms with Crippen LogP contribution in [0.15, 0.2) is 30.3 Å². The molecule has 0 aliphatic carbocycles. The van der Waals surface area contributed by atoms with Gasteiger partial charge in [0.1, 0.15) is 5.84 Å². The molecule has 0 saturated heterocycles. The lowest BCUT2D eigenvalue weighted by Gasteiger charge is -2.21. The summed E-state index contributed by atoms with van der Waals surface area (Å²) < 4.78 is 5.04. The van der Waals surface area contributed by atoms with Crippen LogP contribution in [0.25, 0.3) is 0 Å². The summed E-state index contributed by atoms with van der Waals surface area (Å²) in [4.78, 5) is 2.10. The van der Waals surface area contributed by atoms with Gasteiger partial charge in [-0.2, -0.15) is 0 Å². The van der Waals surface area contributed by atoms with Crippen LogP contribution in [0.5, 0.6) is 0 Å². The number of benzene rings is 1. The van der Waals surface area contributed by atoms with Gasteiger partial charge in [0.15, 0.2) is 0 Å².